The standard InChI is InChI=1S/C22H30N4O3/c1-14(2)11-19(21(27)25-17-9-10-20(29-4)18(23)12-17)26-22(28)24-13-16-7-5-15(3)6-8-16/h5-10,12,14,19H,11,13,23H2,1-4H3,(H,25,27)(H2,24,26,28). The van der Waals surface area contributed by atoms with Gasteiger partial charge in [0.05, 0.1) is 12.8 Å². The van der Waals surface area contributed by atoms with Gasteiger partial charge in [0.2, 0.25) is 5.91 Å². The fraction of sp³-hybridized carbons (Fsp3) is 0.364. The van der Waals surface area contributed by atoms with E-state index in [9.17, 15) is 9.59 Å². The van der Waals surface area contributed by atoms with Crippen LogP contribution in [0.2, 0.25) is 0 Å². The van der Waals surface area contributed by atoms with Gasteiger partial charge in [-0.3, -0.25) is 4.79 Å². The number of methoxy groups -OCH3 is 1. The Morgan fingerprint density at radius 1 is 1.10 bits per heavy atom. The summed E-state index contributed by atoms with van der Waals surface area (Å²) in [6.45, 7) is 6.39. The minimum absolute atomic E-state index is 0.226. The van der Waals surface area contributed by atoms with E-state index >= 15 is 0 Å². The van der Waals surface area contributed by atoms with E-state index in [0.717, 1.165) is 11.1 Å². The summed E-state index contributed by atoms with van der Waals surface area (Å²) in [5.41, 5.74) is 9.01. The molecule has 0 spiro atoms. The number of ether oxygens (including phenoxy) is 1. The molecule has 0 radical (unpaired) electrons. The van der Waals surface area contributed by atoms with Crippen molar-refractivity contribution in [2.24, 2.45) is 5.92 Å². The first-order chi connectivity index (χ1) is 13.8. The molecule has 2 aromatic rings. The van der Waals surface area contributed by atoms with Crippen molar-refractivity contribution in [1.29, 1.82) is 0 Å². The van der Waals surface area contributed by atoms with Gasteiger partial charge in [0.1, 0.15) is 11.8 Å². The summed E-state index contributed by atoms with van der Waals surface area (Å²) in [4.78, 5) is 25.1. The van der Waals surface area contributed by atoms with Crippen LogP contribution in [0, 0.1) is 12.8 Å². The van der Waals surface area contributed by atoms with Gasteiger partial charge in [0.15, 0.2) is 0 Å². The lowest BCUT2D eigenvalue weighted by molar-refractivity contribution is -0.118. The van der Waals surface area contributed by atoms with E-state index in [1.807, 2.05) is 45.0 Å². The molecule has 0 aromatic heterocycles. The molecular formula is C22H30N4O3. The third kappa shape index (κ3) is 7.03. The van der Waals surface area contributed by atoms with Gasteiger partial charge in [-0.1, -0.05) is 43.7 Å². The Morgan fingerprint density at radius 3 is 2.38 bits per heavy atom. The van der Waals surface area contributed by atoms with E-state index in [2.05, 4.69) is 16.0 Å². The molecule has 0 aliphatic heterocycles. The molecule has 0 saturated carbocycles. The molecule has 0 aliphatic rings. The molecule has 29 heavy (non-hydrogen) atoms. The third-order valence-corrected chi connectivity index (χ3v) is 4.40. The Hall–Kier alpha value is -3.22. The number of carbonyl (C=O) groups is 2. The van der Waals surface area contributed by atoms with Crippen LogP contribution in [0.4, 0.5) is 16.2 Å². The highest BCUT2D eigenvalue weighted by Gasteiger charge is 2.22. The molecule has 7 nitrogen and oxygen atoms in total. The number of aryl methyl sites for hydroxylation is 1. The summed E-state index contributed by atoms with van der Waals surface area (Å²) in [5, 5.41) is 8.38. The summed E-state index contributed by atoms with van der Waals surface area (Å²) in [6, 6.07) is 11.9. The minimum Gasteiger partial charge on any atom is -0.495 e. The molecular weight excluding hydrogens is 368 g/mol. The van der Waals surface area contributed by atoms with Crippen LogP contribution in [-0.2, 0) is 11.3 Å². The van der Waals surface area contributed by atoms with Crippen LogP contribution in [0.25, 0.3) is 0 Å². The molecule has 0 saturated heterocycles. The molecule has 3 amide bonds. The Labute approximate surface area is 172 Å². The lowest BCUT2D eigenvalue weighted by Gasteiger charge is -2.21. The van der Waals surface area contributed by atoms with Crippen LogP contribution in [0.3, 0.4) is 0 Å². The fourth-order valence-corrected chi connectivity index (χ4v) is 2.84. The number of benzene rings is 2. The van der Waals surface area contributed by atoms with Crippen LogP contribution in [0.1, 0.15) is 31.4 Å². The van der Waals surface area contributed by atoms with Gasteiger partial charge in [-0.15, -0.1) is 0 Å². The van der Waals surface area contributed by atoms with E-state index in [4.69, 9.17) is 10.5 Å². The van der Waals surface area contributed by atoms with Gasteiger partial charge in [-0.2, -0.15) is 0 Å². The smallest absolute Gasteiger partial charge is 0.315 e. The van der Waals surface area contributed by atoms with Crippen molar-refractivity contribution in [1.82, 2.24) is 10.6 Å². The Morgan fingerprint density at radius 2 is 1.79 bits per heavy atom. The van der Waals surface area contributed by atoms with Crippen LogP contribution in [0.5, 0.6) is 5.75 Å². The van der Waals surface area contributed by atoms with Crippen molar-refractivity contribution in [3.8, 4) is 5.75 Å². The topological polar surface area (TPSA) is 105 Å². The van der Waals surface area contributed by atoms with Crippen LogP contribution < -0.4 is 26.4 Å². The molecule has 2 aromatic carbocycles. The molecule has 1 unspecified atom stereocenters. The normalized spacial score (nSPS) is 11.6. The predicted molar refractivity (Wildman–Crippen MR) is 116 cm³/mol. The number of anilines is 2. The number of urea groups is 1. The van der Waals surface area contributed by atoms with E-state index in [1.165, 1.54) is 7.11 Å². The number of hydrogen-bond acceptors (Lipinski definition) is 4. The SMILES string of the molecule is COc1ccc(NC(=O)C(CC(C)C)NC(=O)NCc2ccc(C)cc2)cc1N. The lowest BCUT2D eigenvalue weighted by atomic mass is 10.0. The van der Waals surface area contributed by atoms with Crippen LogP contribution >= 0.6 is 0 Å². The first-order valence-electron chi connectivity index (χ1n) is 9.62. The van der Waals surface area contributed by atoms with Gasteiger partial charge in [0.25, 0.3) is 0 Å². The van der Waals surface area contributed by atoms with Crippen molar-refractivity contribution < 1.29 is 14.3 Å². The highest BCUT2D eigenvalue weighted by atomic mass is 16.5. The van der Waals surface area contributed by atoms with Gasteiger partial charge in [-0.05, 0) is 43.0 Å². The molecule has 5 N–H and O–H groups in total. The second kappa shape index (κ2) is 10.4. The summed E-state index contributed by atoms with van der Waals surface area (Å²) < 4.78 is 5.12. The number of hydrogen-bond donors (Lipinski definition) is 4. The minimum atomic E-state index is -0.670. The maximum atomic E-state index is 12.7. The summed E-state index contributed by atoms with van der Waals surface area (Å²) in [6.07, 6.45) is 0.509. The van der Waals surface area contributed by atoms with Crippen molar-refractivity contribution in [3.05, 3.63) is 53.6 Å². The number of rotatable bonds is 8. The molecule has 0 aliphatic carbocycles. The van der Waals surface area contributed by atoms with Crippen molar-refractivity contribution >= 4 is 23.3 Å². The van der Waals surface area contributed by atoms with E-state index < -0.39 is 6.04 Å². The summed E-state index contributed by atoms with van der Waals surface area (Å²) in [7, 11) is 1.53. The first-order valence-corrected chi connectivity index (χ1v) is 9.62. The Balaban J connectivity index is 1.97. The molecule has 2 rings (SSSR count). The van der Waals surface area contributed by atoms with Gasteiger partial charge in [0, 0.05) is 12.2 Å². The molecule has 0 heterocycles. The lowest BCUT2D eigenvalue weighted by Crippen LogP contribution is -2.48. The van der Waals surface area contributed by atoms with Crippen molar-refractivity contribution in [3.63, 3.8) is 0 Å². The van der Waals surface area contributed by atoms with Crippen molar-refractivity contribution in [2.75, 3.05) is 18.2 Å². The maximum absolute atomic E-state index is 12.7. The van der Waals surface area contributed by atoms with E-state index in [-0.39, 0.29) is 17.9 Å². The largest absolute Gasteiger partial charge is 0.495 e. The van der Waals surface area contributed by atoms with E-state index in [0.29, 0.717) is 30.1 Å². The Kier molecular flexibility index (Phi) is 7.88. The number of nitrogens with one attached hydrogen (secondary N) is 3. The highest BCUT2D eigenvalue weighted by molar-refractivity contribution is 5.97. The molecule has 0 fully saturated rings. The summed E-state index contributed by atoms with van der Waals surface area (Å²) >= 11 is 0. The molecule has 1 atom stereocenters. The average Bonchev–Trinajstić information content (AvgIpc) is 2.67. The number of nitrogen functional groups attached to an aromatic ring is 1. The molecule has 0 bridgehead atoms. The number of nitrogens with two attached hydrogens (primary N) is 1. The maximum Gasteiger partial charge on any atom is 0.315 e. The monoisotopic (exact) mass is 398 g/mol. The summed E-state index contributed by atoms with van der Waals surface area (Å²) in [5.74, 6) is 0.466. The van der Waals surface area contributed by atoms with E-state index in [1.54, 1.807) is 18.2 Å². The van der Waals surface area contributed by atoms with Gasteiger partial charge < -0.3 is 26.4 Å². The van der Waals surface area contributed by atoms with Gasteiger partial charge in [-0.25, -0.2) is 4.79 Å². The highest BCUT2D eigenvalue weighted by Crippen LogP contribution is 2.24. The zero-order valence-electron chi connectivity index (χ0n) is 17.4. The predicted octanol–water partition coefficient (Wildman–Crippen LogP) is 3.44. The first kappa shape index (κ1) is 22.1. The van der Waals surface area contributed by atoms with Crippen LogP contribution in [0.15, 0.2) is 42.5 Å². The fourth-order valence-electron chi connectivity index (χ4n) is 2.84. The molecule has 7 heteroatoms. The quantitative estimate of drug-likeness (QED) is 0.511. The number of carbonyl (C=O) groups excluding carboxylic acids is 2. The Bertz CT molecular complexity index is 834. The molecule has 156 valence electrons. The third-order valence-electron chi connectivity index (χ3n) is 4.40. The average molecular weight is 399 g/mol. The van der Waals surface area contributed by atoms with Crippen LogP contribution in [-0.4, -0.2) is 25.1 Å². The second-order valence-corrected chi connectivity index (χ2v) is 7.44. The van der Waals surface area contributed by atoms with Crippen molar-refractivity contribution in [2.45, 2.75) is 39.8 Å². The zero-order chi connectivity index (χ0) is 21.4. The number of amides is 3. The zero-order valence-corrected chi connectivity index (χ0v) is 17.4. The van der Waals surface area contributed by atoms with Gasteiger partial charge >= 0.3 is 6.03 Å². The second-order valence-electron chi connectivity index (χ2n) is 7.44.